The van der Waals surface area contributed by atoms with Crippen LogP contribution in [-0.4, -0.2) is 15.9 Å². The molecule has 11 heteroatoms. The largest absolute Gasteiger partial charge is 0.434 e. The first kappa shape index (κ1) is 22.3. The van der Waals surface area contributed by atoms with E-state index in [1.165, 1.54) is 30.3 Å². The highest BCUT2D eigenvalue weighted by molar-refractivity contribution is 6.35. The molecule has 1 heterocycles. The third-order valence-corrected chi connectivity index (χ3v) is 4.58. The first-order chi connectivity index (χ1) is 14.7. The van der Waals surface area contributed by atoms with Gasteiger partial charge in [0.15, 0.2) is 5.69 Å². The standard InChI is InChI=1S/C20H12Cl2F3N5O/c21-13-5-6-15(22)16(7-13)29-19-28-10-14(17(30-19)20(23,24)25)18(31)27-9-12-3-1-11(8-26)2-4-12/h1-7,10H,9H2,(H,27,31)(H,28,29,30). The van der Waals surface area contributed by atoms with E-state index in [9.17, 15) is 18.0 Å². The number of rotatable bonds is 5. The Morgan fingerprint density at radius 3 is 2.48 bits per heavy atom. The predicted octanol–water partition coefficient (Wildman–Crippen LogP) is 5.35. The monoisotopic (exact) mass is 465 g/mol. The van der Waals surface area contributed by atoms with E-state index in [0.717, 1.165) is 6.20 Å². The molecule has 3 aromatic rings. The molecule has 31 heavy (non-hydrogen) atoms. The number of carbonyl (C=O) groups is 1. The Morgan fingerprint density at radius 1 is 1.13 bits per heavy atom. The van der Waals surface area contributed by atoms with Gasteiger partial charge in [0.05, 0.1) is 27.9 Å². The molecule has 0 radical (unpaired) electrons. The van der Waals surface area contributed by atoms with Gasteiger partial charge in [0.1, 0.15) is 0 Å². The molecule has 0 unspecified atom stereocenters. The number of benzene rings is 2. The molecule has 0 fully saturated rings. The van der Waals surface area contributed by atoms with Gasteiger partial charge < -0.3 is 10.6 Å². The molecule has 0 saturated carbocycles. The minimum absolute atomic E-state index is 0.0417. The Labute approximate surface area is 184 Å². The van der Waals surface area contributed by atoms with Crippen LogP contribution in [0, 0.1) is 11.3 Å². The van der Waals surface area contributed by atoms with Crippen molar-refractivity contribution in [3.8, 4) is 6.07 Å². The Bertz CT molecular complexity index is 1160. The van der Waals surface area contributed by atoms with Crippen LogP contribution in [0.4, 0.5) is 24.8 Å². The van der Waals surface area contributed by atoms with Gasteiger partial charge in [-0.05, 0) is 35.9 Å². The zero-order valence-electron chi connectivity index (χ0n) is 15.5. The van der Waals surface area contributed by atoms with Crippen LogP contribution in [0.15, 0.2) is 48.7 Å². The van der Waals surface area contributed by atoms with Crippen molar-refractivity contribution in [1.29, 1.82) is 5.26 Å². The van der Waals surface area contributed by atoms with E-state index in [2.05, 4.69) is 20.6 Å². The van der Waals surface area contributed by atoms with E-state index >= 15 is 0 Å². The van der Waals surface area contributed by atoms with Crippen LogP contribution in [0.5, 0.6) is 0 Å². The molecule has 0 atom stereocenters. The van der Waals surface area contributed by atoms with Crippen LogP contribution in [0.1, 0.15) is 27.2 Å². The highest BCUT2D eigenvalue weighted by Gasteiger charge is 2.38. The number of alkyl halides is 3. The molecule has 0 spiro atoms. The fourth-order valence-electron chi connectivity index (χ4n) is 2.51. The lowest BCUT2D eigenvalue weighted by atomic mass is 10.1. The minimum atomic E-state index is -4.90. The van der Waals surface area contributed by atoms with Gasteiger partial charge in [0.25, 0.3) is 5.91 Å². The molecule has 1 amide bonds. The van der Waals surface area contributed by atoms with Crippen molar-refractivity contribution >= 4 is 40.7 Å². The Balaban J connectivity index is 1.83. The van der Waals surface area contributed by atoms with Gasteiger partial charge in [-0.15, -0.1) is 0 Å². The molecule has 2 N–H and O–H groups in total. The fourth-order valence-corrected chi connectivity index (χ4v) is 2.85. The van der Waals surface area contributed by atoms with Gasteiger partial charge >= 0.3 is 6.18 Å². The number of aromatic nitrogens is 2. The second kappa shape index (κ2) is 9.20. The normalized spacial score (nSPS) is 11.0. The number of amides is 1. The number of nitrogens with zero attached hydrogens (tertiary/aromatic N) is 3. The van der Waals surface area contributed by atoms with E-state index < -0.39 is 29.3 Å². The molecule has 2 aromatic carbocycles. The number of halogens is 5. The molecule has 0 bridgehead atoms. The number of anilines is 2. The Kier molecular flexibility index (Phi) is 6.63. The van der Waals surface area contributed by atoms with Crippen molar-refractivity contribution in [1.82, 2.24) is 15.3 Å². The molecule has 158 valence electrons. The second-order valence-corrected chi connectivity index (χ2v) is 7.04. The van der Waals surface area contributed by atoms with E-state index in [0.29, 0.717) is 16.1 Å². The van der Waals surface area contributed by atoms with Gasteiger partial charge in [-0.1, -0.05) is 35.3 Å². The lowest BCUT2D eigenvalue weighted by Gasteiger charge is -2.14. The van der Waals surface area contributed by atoms with Crippen LogP contribution in [0.2, 0.25) is 10.0 Å². The van der Waals surface area contributed by atoms with Crippen molar-refractivity contribution < 1.29 is 18.0 Å². The molecular weight excluding hydrogens is 454 g/mol. The molecule has 0 aliphatic rings. The second-order valence-electron chi connectivity index (χ2n) is 6.19. The summed E-state index contributed by atoms with van der Waals surface area (Å²) >= 11 is 11.9. The number of hydrogen-bond acceptors (Lipinski definition) is 5. The summed E-state index contributed by atoms with van der Waals surface area (Å²) in [5.74, 6) is -1.40. The summed E-state index contributed by atoms with van der Waals surface area (Å²) in [6, 6.07) is 12.6. The summed E-state index contributed by atoms with van der Waals surface area (Å²) in [5.41, 5.74) is -0.897. The zero-order chi connectivity index (χ0) is 22.6. The van der Waals surface area contributed by atoms with Gasteiger partial charge in [0, 0.05) is 17.8 Å². The predicted molar refractivity (Wildman–Crippen MR) is 109 cm³/mol. The topological polar surface area (TPSA) is 90.7 Å². The summed E-state index contributed by atoms with van der Waals surface area (Å²) < 4.78 is 40.6. The van der Waals surface area contributed by atoms with E-state index in [4.69, 9.17) is 28.5 Å². The summed E-state index contributed by atoms with van der Waals surface area (Å²) in [7, 11) is 0. The Morgan fingerprint density at radius 2 is 1.84 bits per heavy atom. The van der Waals surface area contributed by atoms with Crippen molar-refractivity contribution in [2.24, 2.45) is 0 Å². The summed E-state index contributed by atoms with van der Waals surface area (Å²) in [6.07, 6.45) is -4.12. The zero-order valence-corrected chi connectivity index (χ0v) is 17.0. The minimum Gasteiger partial charge on any atom is -0.348 e. The third-order valence-electron chi connectivity index (χ3n) is 4.01. The first-order valence-corrected chi connectivity index (χ1v) is 9.36. The van der Waals surface area contributed by atoms with Crippen LogP contribution in [-0.2, 0) is 12.7 Å². The highest BCUT2D eigenvalue weighted by atomic mass is 35.5. The van der Waals surface area contributed by atoms with Crippen LogP contribution < -0.4 is 10.6 Å². The van der Waals surface area contributed by atoms with Crippen molar-refractivity contribution in [3.63, 3.8) is 0 Å². The summed E-state index contributed by atoms with van der Waals surface area (Å²) in [4.78, 5) is 19.6. The smallest absolute Gasteiger partial charge is 0.348 e. The van der Waals surface area contributed by atoms with Crippen LogP contribution >= 0.6 is 23.2 Å². The average molecular weight is 466 g/mol. The van der Waals surface area contributed by atoms with Crippen molar-refractivity contribution in [2.45, 2.75) is 12.7 Å². The van der Waals surface area contributed by atoms with Crippen LogP contribution in [0.3, 0.4) is 0 Å². The third kappa shape index (κ3) is 5.63. The molecule has 6 nitrogen and oxygen atoms in total. The number of hydrogen-bond donors (Lipinski definition) is 2. The maximum absolute atomic E-state index is 13.5. The van der Waals surface area contributed by atoms with Gasteiger partial charge in [-0.25, -0.2) is 9.97 Å². The first-order valence-electron chi connectivity index (χ1n) is 8.61. The summed E-state index contributed by atoms with van der Waals surface area (Å²) in [6.45, 7) is -0.0417. The molecule has 1 aromatic heterocycles. The molecular formula is C20H12Cl2F3N5O. The fraction of sp³-hybridized carbons (Fsp3) is 0.100. The molecule has 3 rings (SSSR count). The Hall–Kier alpha value is -3.35. The van der Waals surface area contributed by atoms with E-state index in [1.807, 2.05) is 6.07 Å². The van der Waals surface area contributed by atoms with Gasteiger partial charge in [0.2, 0.25) is 5.95 Å². The summed E-state index contributed by atoms with van der Waals surface area (Å²) in [5, 5.41) is 14.2. The number of nitriles is 1. The maximum atomic E-state index is 13.5. The van der Waals surface area contributed by atoms with E-state index in [-0.39, 0.29) is 17.3 Å². The lowest BCUT2D eigenvalue weighted by molar-refractivity contribution is -0.141. The maximum Gasteiger partial charge on any atom is 0.434 e. The molecule has 0 aliphatic carbocycles. The van der Waals surface area contributed by atoms with E-state index in [1.54, 1.807) is 12.1 Å². The number of carbonyl (C=O) groups excluding carboxylic acids is 1. The van der Waals surface area contributed by atoms with Gasteiger partial charge in [-0.3, -0.25) is 4.79 Å². The van der Waals surface area contributed by atoms with Gasteiger partial charge in [-0.2, -0.15) is 18.4 Å². The SMILES string of the molecule is N#Cc1ccc(CNC(=O)c2cnc(Nc3cc(Cl)ccc3Cl)nc2C(F)(F)F)cc1. The molecule has 0 aliphatic heterocycles. The highest BCUT2D eigenvalue weighted by Crippen LogP contribution is 2.32. The lowest BCUT2D eigenvalue weighted by Crippen LogP contribution is -2.27. The number of nitrogens with one attached hydrogen (secondary N) is 2. The van der Waals surface area contributed by atoms with Crippen LogP contribution in [0.25, 0.3) is 0 Å². The van der Waals surface area contributed by atoms with Crippen molar-refractivity contribution in [2.75, 3.05) is 5.32 Å². The molecule has 0 saturated heterocycles. The quantitative estimate of drug-likeness (QED) is 0.529. The van der Waals surface area contributed by atoms with Crippen molar-refractivity contribution in [3.05, 3.63) is 81.1 Å². The average Bonchev–Trinajstić information content (AvgIpc) is 2.74.